The van der Waals surface area contributed by atoms with Gasteiger partial charge in [-0.15, -0.1) is 0 Å². The first kappa shape index (κ1) is 16.0. The average Bonchev–Trinajstić information content (AvgIpc) is 3.29. The number of amides is 1. The van der Waals surface area contributed by atoms with Crippen LogP contribution in [0.5, 0.6) is 11.5 Å². The molecule has 0 spiro atoms. The molecular formula is C19H17N3O4. The first-order chi connectivity index (χ1) is 12.7. The molecular weight excluding hydrogens is 334 g/mol. The van der Waals surface area contributed by atoms with Gasteiger partial charge in [0.05, 0.1) is 13.4 Å². The Kier molecular flexibility index (Phi) is 3.96. The fourth-order valence-electron chi connectivity index (χ4n) is 3.09. The molecule has 3 heterocycles. The number of ether oxygens (including phenoxy) is 1. The van der Waals surface area contributed by atoms with Gasteiger partial charge >= 0.3 is 0 Å². The van der Waals surface area contributed by atoms with E-state index in [0.29, 0.717) is 23.7 Å². The number of hydrogen-bond acceptors (Lipinski definition) is 5. The van der Waals surface area contributed by atoms with Crippen LogP contribution in [0.4, 0.5) is 5.82 Å². The van der Waals surface area contributed by atoms with Crippen molar-refractivity contribution >= 4 is 17.8 Å². The number of anilines is 1. The zero-order chi connectivity index (χ0) is 18.1. The van der Waals surface area contributed by atoms with Crippen LogP contribution in [-0.2, 0) is 4.79 Å². The molecule has 132 valence electrons. The van der Waals surface area contributed by atoms with Crippen molar-refractivity contribution in [3.63, 3.8) is 0 Å². The maximum atomic E-state index is 12.0. The Bertz CT molecular complexity index is 973. The summed E-state index contributed by atoms with van der Waals surface area (Å²) in [4.78, 5) is 12.0. The van der Waals surface area contributed by atoms with E-state index in [9.17, 15) is 9.90 Å². The summed E-state index contributed by atoms with van der Waals surface area (Å²) in [6, 6.07) is 8.73. The zero-order valence-electron chi connectivity index (χ0n) is 14.0. The van der Waals surface area contributed by atoms with Crippen LogP contribution >= 0.6 is 0 Å². The van der Waals surface area contributed by atoms with Crippen molar-refractivity contribution in [1.82, 2.24) is 10.2 Å². The molecule has 0 aliphatic carbocycles. The van der Waals surface area contributed by atoms with E-state index in [1.54, 1.807) is 30.5 Å². The summed E-state index contributed by atoms with van der Waals surface area (Å²) in [5.41, 5.74) is 2.50. The monoisotopic (exact) mass is 351 g/mol. The molecule has 0 radical (unpaired) electrons. The highest BCUT2D eigenvalue weighted by atomic mass is 16.5. The highest BCUT2D eigenvalue weighted by Crippen LogP contribution is 2.39. The molecule has 1 atom stereocenters. The molecule has 0 bridgehead atoms. The van der Waals surface area contributed by atoms with E-state index in [-0.39, 0.29) is 17.6 Å². The lowest BCUT2D eigenvalue weighted by Gasteiger charge is -2.19. The molecule has 1 aliphatic heterocycles. The highest BCUT2D eigenvalue weighted by molar-refractivity contribution is 5.95. The Morgan fingerprint density at radius 3 is 3.04 bits per heavy atom. The number of furan rings is 1. The number of benzene rings is 1. The molecule has 0 fully saturated rings. The van der Waals surface area contributed by atoms with Crippen LogP contribution in [0.25, 0.3) is 17.5 Å². The summed E-state index contributed by atoms with van der Waals surface area (Å²) in [5.74, 6) is 1.42. The molecule has 2 aromatic heterocycles. The van der Waals surface area contributed by atoms with Gasteiger partial charge in [-0.05, 0) is 29.8 Å². The summed E-state index contributed by atoms with van der Waals surface area (Å²) < 4.78 is 10.6. The predicted molar refractivity (Wildman–Crippen MR) is 96.0 cm³/mol. The third kappa shape index (κ3) is 2.83. The third-order valence-electron chi connectivity index (χ3n) is 4.33. The van der Waals surface area contributed by atoms with Gasteiger partial charge in [0.2, 0.25) is 5.91 Å². The Labute approximate surface area is 149 Å². The largest absolute Gasteiger partial charge is 0.504 e. The van der Waals surface area contributed by atoms with Crippen molar-refractivity contribution < 1.29 is 19.1 Å². The lowest BCUT2D eigenvalue weighted by Crippen LogP contribution is -2.21. The molecule has 4 rings (SSSR count). The lowest BCUT2D eigenvalue weighted by atomic mass is 9.90. The first-order valence-electron chi connectivity index (χ1n) is 8.13. The summed E-state index contributed by atoms with van der Waals surface area (Å²) in [7, 11) is 1.50. The van der Waals surface area contributed by atoms with E-state index in [4.69, 9.17) is 9.15 Å². The van der Waals surface area contributed by atoms with Gasteiger partial charge in [0.25, 0.3) is 0 Å². The normalized spacial score (nSPS) is 16.5. The minimum Gasteiger partial charge on any atom is -0.504 e. The summed E-state index contributed by atoms with van der Waals surface area (Å²) in [6.45, 7) is 0. The summed E-state index contributed by atoms with van der Waals surface area (Å²) >= 11 is 0. The summed E-state index contributed by atoms with van der Waals surface area (Å²) in [5, 5.41) is 19.6. The molecule has 7 heteroatoms. The molecule has 3 aromatic rings. The second-order valence-electron chi connectivity index (χ2n) is 5.99. The lowest BCUT2D eigenvalue weighted by molar-refractivity contribution is -0.116. The van der Waals surface area contributed by atoms with E-state index in [0.717, 1.165) is 16.8 Å². The fraction of sp³-hybridized carbons (Fsp3) is 0.158. The number of phenolic OH excluding ortho intramolecular Hbond substituents is 1. The number of aromatic amines is 1. The molecule has 3 N–H and O–H groups in total. The molecule has 26 heavy (non-hydrogen) atoms. The smallest absolute Gasteiger partial charge is 0.226 e. The maximum absolute atomic E-state index is 12.0. The maximum Gasteiger partial charge on any atom is 0.226 e. The number of phenols is 1. The fourth-order valence-corrected chi connectivity index (χ4v) is 3.09. The van der Waals surface area contributed by atoms with Gasteiger partial charge in [-0.1, -0.05) is 18.2 Å². The van der Waals surface area contributed by atoms with E-state index in [1.165, 1.54) is 7.11 Å². The number of H-pyrrole nitrogens is 1. The van der Waals surface area contributed by atoms with E-state index >= 15 is 0 Å². The number of aromatic hydroxyl groups is 1. The number of methoxy groups -OCH3 is 1. The van der Waals surface area contributed by atoms with Gasteiger partial charge in [-0.2, -0.15) is 5.10 Å². The minimum atomic E-state index is -0.155. The Morgan fingerprint density at radius 2 is 2.27 bits per heavy atom. The number of aromatic nitrogens is 2. The van der Waals surface area contributed by atoms with Crippen molar-refractivity contribution in [2.75, 3.05) is 12.4 Å². The van der Waals surface area contributed by atoms with E-state index in [1.807, 2.05) is 18.2 Å². The Morgan fingerprint density at radius 1 is 1.38 bits per heavy atom. The molecule has 0 unspecified atom stereocenters. The second kappa shape index (κ2) is 6.44. The molecule has 1 aromatic carbocycles. The van der Waals surface area contributed by atoms with Crippen LogP contribution in [0.3, 0.4) is 0 Å². The van der Waals surface area contributed by atoms with E-state index in [2.05, 4.69) is 15.5 Å². The Hall–Kier alpha value is -3.48. The van der Waals surface area contributed by atoms with Crippen LogP contribution in [0.2, 0.25) is 0 Å². The molecule has 7 nitrogen and oxygen atoms in total. The zero-order valence-corrected chi connectivity index (χ0v) is 14.0. The quantitative estimate of drug-likeness (QED) is 0.668. The molecule has 1 amide bonds. The number of nitrogens with zero attached hydrogens (tertiary/aromatic N) is 1. The Balaban J connectivity index is 1.70. The van der Waals surface area contributed by atoms with Crippen molar-refractivity contribution in [2.45, 2.75) is 12.3 Å². The first-order valence-corrected chi connectivity index (χ1v) is 8.13. The summed E-state index contributed by atoms with van der Waals surface area (Å²) in [6.07, 6.45) is 5.75. The number of carbonyl (C=O) groups excluding carboxylic acids is 1. The van der Waals surface area contributed by atoms with Crippen LogP contribution in [-0.4, -0.2) is 28.3 Å². The van der Waals surface area contributed by atoms with Crippen LogP contribution in [0.1, 0.15) is 23.5 Å². The second-order valence-corrected chi connectivity index (χ2v) is 5.99. The highest BCUT2D eigenvalue weighted by Gasteiger charge is 2.30. The number of nitrogens with one attached hydrogen (secondary N) is 2. The van der Waals surface area contributed by atoms with Crippen molar-refractivity contribution in [3.8, 4) is 23.0 Å². The van der Waals surface area contributed by atoms with Crippen LogP contribution in [0.15, 0.2) is 47.1 Å². The van der Waals surface area contributed by atoms with Crippen molar-refractivity contribution in [1.29, 1.82) is 0 Å². The standard InChI is InChI=1S/C19H17N3O4/c1-25-15-9-11(5-7-13(15)23)4-6-12-10-16(24)20-19-17(12)18(21-22-19)14-3-2-8-26-14/h2-9,12,23H,10H2,1H3,(H2,20,21,22,24)/b6-4+/t12-/m1/s1. The van der Waals surface area contributed by atoms with Crippen molar-refractivity contribution in [2.24, 2.45) is 0 Å². The average molecular weight is 351 g/mol. The topological polar surface area (TPSA) is 100 Å². The molecule has 0 saturated heterocycles. The number of fused-ring (bicyclic) bond motifs is 1. The minimum absolute atomic E-state index is 0.0823. The molecule has 0 saturated carbocycles. The van der Waals surface area contributed by atoms with E-state index < -0.39 is 0 Å². The van der Waals surface area contributed by atoms with Gasteiger partial charge in [-0.25, -0.2) is 0 Å². The van der Waals surface area contributed by atoms with Gasteiger partial charge < -0.3 is 19.6 Å². The third-order valence-corrected chi connectivity index (χ3v) is 4.33. The van der Waals surface area contributed by atoms with Crippen LogP contribution < -0.4 is 10.1 Å². The number of hydrogen-bond donors (Lipinski definition) is 3. The van der Waals surface area contributed by atoms with Gasteiger partial charge in [0, 0.05) is 17.9 Å². The number of rotatable bonds is 4. The van der Waals surface area contributed by atoms with Crippen LogP contribution in [0, 0.1) is 0 Å². The molecule has 1 aliphatic rings. The van der Waals surface area contributed by atoms with Gasteiger partial charge in [0.1, 0.15) is 5.69 Å². The van der Waals surface area contributed by atoms with Gasteiger partial charge in [-0.3, -0.25) is 9.89 Å². The number of allylic oxidation sites excluding steroid dienone is 1. The van der Waals surface area contributed by atoms with Crippen molar-refractivity contribution in [3.05, 3.63) is 53.8 Å². The SMILES string of the molecule is COc1cc(/C=C/[C@@H]2CC(=O)Nc3n[nH]c(-c4ccco4)c32)ccc1O. The predicted octanol–water partition coefficient (Wildman–Crippen LogP) is 3.52. The van der Waals surface area contributed by atoms with Gasteiger partial charge in [0.15, 0.2) is 23.1 Å². The number of carbonyl (C=O) groups is 1.